The van der Waals surface area contributed by atoms with Gasteiger partial charge in [-0.25, -0.2) is 4.98 Å². The Hall–Kier alpha value is -2.82. The molecular weight excluding hydrogens is 310 g/mol. The van der Waals surface area contributed by atoms with Crippen LogP contribution in [0.25, 0.3) is 0 Å². The van der Waals surface area contributed by atoms with E-state index in [0.29, 0.717) is 6.54 Å². The number of aromatic nitrogens is 3. The quantitative estimate of drug-likeness (QED) is 0.776. The summed E-state index contributed by atoms with van der Waals surface area (Å²) in [6.07, 6.45) is 2.87. The molecule has 0 fully saturated rings. The highest BCUT2D eigenvalue weighted by Crippen LogP contribution is 2.30. The third-order valence-corrected chi connectivity index (χ3v) is 4.72. The molecule has 5 heteroatoms. The third-order valence-electron chi connectivity index (χ3n) is 4.72. The molecule has 0 unspecified atom stereocenters. The van der Waals surface area contributed by atoms with Crippen LogP contribution >= 0.6 is 0 Å². The highest BCUT2D eigenvalue weighted by molar-refractivity contribution is 5.70. The Morgan fingerprint density at radius 2 is 1.84 bits per heavy atom. The lowest BCUT2D eigenvalue weighted by Crippen LogP contribution is -2.30. The molecule has 0 radical (unpaired) electrons. The van der Waals surface area contributed by atoms with Crippen LogP contribution in [0, 0.1) is 0 Å². The molecule has 128 valence electrons. The Bertz CT molecular complexity index is 855. The lowest BCUT2D eigenvalue weighted by molar-refractivity contribution is 0.648. The largest absolute Gasteiger partial charge is 0.376 e. The van der Waals surface area contributed by atoms with Gasteiger partial charge in [0.2, 0.25) is 0 Å². The van der Waals surface area contributed by atoms with E-state index in [0.717, 1.165) is 37.6 Å². The Labute approximate surface area is 148 Å². The fourth-order valence-electron chi connectivity index (χ4n) is 3.34. The predicted octanol–water partition coefficient (Wildman–Crippen LogP) is 3.47. The smallest absolute Gasteiger partial charge is 0.169 e. The Morgan fingerprint density at radius 3 is 2.68 bits per heavy atom. The summed E-state index contributed by atoms with van der Waals surface area (Å²) in [5, 5.41) is 7.95. The van der Waals surface area contributed by atoms with Crippen LogP contribution in [0.15, 0.2) is 54.9 Å². The summed E-state index contributed by atoms with van der Waals surface area (Å²) in [7, 11) is 0. The summed E-state index contributed by atoms with van der Waals surface area (Å²) in [6.45, 7) is 5.54. The second-order valence-electron chi connectivity index (χ2n) is 6.33. The van der Waals surface area contributed by atoms with Crippen molar-refractivity contribution in [1.82, 2.24) is 14.8 Å². The van der Waals surface area contributed by atoms with Gasteiger partial charge in [0, 0.05) is 19.6 Å². The number of hydrogen-bond acceptors (Lipinski definition) is 4. The molecule has 0 amide bonds. The van der Waals surface area contributed by atoms with E-state index in [9.17, 15) is 0 Å². The number of para-hydroxylation sites is 2. The molecule has 0 saturated heterocycles. The molecule has 2 aromatic carbocycles. The van der Waals surface area contributed by atoms with E-state index in [-0.39, 0.29) is 0 Å². The second kappa shape index (κ2) is 6.97. The van der Waals surface area contributed by atoms with Crippen LogP contribution in [-0.2, 0) is 26.1 Å². The molecular formula is C20H23N5. The van der Waals surface area contributed by atoms with Crippen molar-refractivity contribution in [2.24, 2.45) is 0 Å². The van der Waals surface area contributed by atoms with Gasteiger partial charge in [-0.2, -0.15) is 5.10 Å². The fourth-order valence-corrected chi connectivity index (χ4v) is 3.34. The molecule has 2 heterocycles. The number of fused-ring (bicyclic) bond motifs is 1. The fraction of sp³-hybridized carbons (Fsp3) is 0.300. The van der Waals surface area contributed by atoms with Gasteiger partial charge in [0.25, 0.3) is 0 Å². The topological polar surface area (TPSA) is 46.0 Å². The van der Waals surface area contributed by atoms with Crippen molar-refractivity contribution in [2.45, 2.75) is 33.0 Å². The number of hydrogen-bond donors (Lipinski definition) is 1. The molecule has 5 nitrogen and oxygen atoms in total. The number of nitrogens with zero attached hydrogens (tertiary/aromatic N) is 4. The monoisotopic (exact) mass is 333 g/mol. The van der Waals surface area contributed by atoms with Crippen LogP contribution < -0.4 is 10.2 Å². The van der Waals surface area contributed by atoms with Gasteiger partial charge in [-0.3, -0.25) is 4.68 Å². The minimum atomic E-state index is 0.633. The van der Waals surface area contributed by atoms with Gasteiger partial charge in [-0.05, 0) is 36.6 Å². The van der Waals surface area contributed by atoms with Crippen LogP contribution in [0.5, 0.6) is 0 Å². The second-order valence-corrected chi connectivity index (χ2v) is 6.33. The van der Waals surface area contributed by atoms with Crippen LogP contribution in [0.2, 0.25) is 0 Å². The van der Waals surface area contributed by atoms with E-state index in [4.69, 9.17) is 0 Å². The maximum absolute atomic E-state index is 4.45. The summed E-state index contributed by atoms with van der Waals surface area (Å²) in [6, 6.07) is 17.2. The van der Waals surface area contributed by atoms with Crippen molar-refractivity contribution in [2.75, 3.05) is 16.8 Å². The van der Waals surface area contributed by atoms with Crippen LogP contribution in [-0.4, -0.2) is 21.3 Å². The third kappa shape index (κ3) is 3.36. The van der Waals surface area contributed by atoms with Gasteiger partial charge in [0.15, 0.2) is 5.82 Å². The minimum Gasteiger partial charge on any atom is -0.376 e. The normalized spacial score (nSPS) is 13.6. The molecule has 0 aliphatic carbocycles. The lowest BCUT2D eigenvalue weighted by atomic mass is 9.99. The number of aryl methyl sites for hydroxylation is 1. The summed E-state index contributed by atoms with van der Waals surface area (Å²) in [4.78, 5) is 6.80. The summed E-state index contributed by atoms with van der Waals surface area (Å²) < 4.78 is 1.85. The van der Waals surface area contributed by atoms with Gasteiger partial charge >= 0.3 is 0 Å². The Morgan fingerprint density at radius 1 is 1.04 bits per heavy atom. The van der Waals surface area contributed by atoms with E-state index < -0.39 is 0 Å². The van der Waals surface area contributed by atoms with Gasteiger partial charge < -0.3 is 10.2 Å². The maximum Gasteiger partial charge on any atom is 0.169 e. The zero-order valence-electron chi connectivity index (χ0n) is 14.5. The summed E-state index contributed by atoms with van der Waals surface area (Å²) in [5.74, 6) is 0.820. The molecule has 1 N–H and O–H groups in total. The number of benzene rings is 2. The van der Waals surface area contributed by atoms with E-state index in [1.54, 1.807) is 6.33 Å². The Balaban J connectivity index is 1.51. The zero-order chi connectivity index (χ0) is 17.1. The molecule has 0 saturated carbocycles. The van der Waals surface area contributed by atoms with Crippen LogP contribution in [0.1, 0.15) is 23.9 Å². The van der Waals surface area contributed by atoms with E-state index >= 15 is 0 Å². The average molecular weight is 333 g/mol. The lowest BCUT2D eigenvalue weighted by Gasteiger charge is -2.32. The SMILES string of the molecule is CCn1cnc(CNc2ccccc2N2CCc3ccccc3C2)n1. The molecule has 25 heavy (non-hydrogen) atoms. The first-order chi connectivity index (χ1) is 12.3. The van der Waals surface area contributed by atoms with Gasteiger partial charge in [0.05, 0.1) is 17.9 Å². The molecule has 4 rings (SSSR count). The molecule has 1 aliphatic heterocycles. The highest BCUT2D eigenvalue weighted by atomic mass is 15.3. The molecule has 0 bridgehead atoms. The number of anilines is 2. The first-order valence-corrected chi connectivity index (χ1v) is 8.86. The molecule has 1 aliphatic rings. The zero-order valence-corrected chi connectivity index (χ0v) is 14.5. The highest BCUT2D eigenvalue weighted by Gasteiger charge is 2.18. The Kier molecular flexibility index (Phi) is 4.37. The molecule has 1 aromatic heterocycles. The summed E-state index contributed by atoms with van der Waals surface area (Å²) >= 11 is 0. The van der Waals surface area contributed by atoms with Crippen LogP contribution in [0.4, 0.5) is 11.4 Å². The van der Waals surface area contributed by atoms with Crippen molar-refractivity contribution < 1.29 is 0 Å². The standard InChI is InChI=1S/C20H23N5/c1-2-25-15-22-20(23-25)13-21-18-9-5-6-10-19(18)24-12-11-16-7-3-4-8-17(16)14-24/h3-10,15,21H,2,11-14H2,1H3. The maximum atomic E-state index is 4.45. The first kappa shape index (κ1) is 15.7. The van der Waals surface area contributed by atoms with E-state index in [2.05, 4.69) is 75.8 Å². The predicted molar refractivity (Wildman–Crippen MR) is 101 cm³/mol. The van der Waals surface area contributed by atoms with Crippen molar-refractivity contribution in [3.63, 3.8) is 0 Å². The van der Waals surface area contributed by atoms with Gasteiger partial charge in [0.1, 0.15) is 6.33 Å². The number of rotatable bonds is 5. The van der Waals surface area contributed by atoms with Crippen molar-refractivity contribution >= 4 is 11.4 Å². The minimum absolute atomic E-state index is 0.633. The first-order valence-electron chi connectivity index (χ1n) is 8.86. The van der Waals surface area contributed by atoms with Crippen LogP contribution in [0.3, 0.4) is 0 Å². The van der Waals surface area contributed by atoms with Gasteiger partial charge in [-0.1, -0.05) is 36.4 Å². The van der Waals surface area contributed by atoms with Gasteiger partial charge in [-0.15, -0.1) is 0 Å². The molecule has 3 aromatic rings. The van der Waals surface area contributed by atoms with Crippen molar-refractivity contribution in [1.29, 1.82) is 0 Å². The summed E-state index contributed by atoms with van der Waals surface area (Å²) in [5.41, 5.74) is 5.27. The van der Waals surface area contributed by atoms with Crippen molar-refractivity contribution in [3.05, 3.63) is 71.8 Å². The van der Waals surface area contributed by atoms with E-state index in [1.807, 2.05) is 4.68 Å². The van der Waals surface area contributed by atoms with Crippen molar-refractivity contribution in [3.8, 4) is 0 Å². The molecule has 0 spiro atoms. The average Bonchev–Trinajstić information content (AvgIpc) is 3.14. The van der Waals surface area contributed by atoms with E-state index in [1.165, 1.54) is 16.8 Å². The molecule has 0 atom stereocenters. The number of nitrogens with one attached hydrogen (secondary N) is 1.